The van der Waals surface area contributed by atoms with Crippen LogP contribution < -0.4 is 10.1 Å². The average molecular weight is 431 g/mol. The van der Waals surface area contributed by atoms with Crippen LogP contribution in [-0.4, -0.2) is 67.7 Å². The molecular weight excluding hydrogens is 402 g/mol. The number of ether oxygens (including phenoxy) is 1. The van der Waals surface area contributed by atoms with Crippen molar-refractivity contribution in [2.24, 2.45) is 5.41 Å². The lowest BCUT2D eigenvalue weighted by molar-refractivity contribution is -0.144. The molecule has 0 unspecified atom stereocenters. The highest BCUT2D eigenvalue weighted by atomic mass is 16.5. The number of β-amino-alcohol motifs (C(OH)–C–C–N with tert-alkyl or cyclic N) is 1. The maximum atomic E-state index is 13.5. The van der Waals surface area contributed by atoms with Crippen LogP contribution in [0.3, 0.4) is 0 Å². The number of phenols is 1. The number of nitrogens with one attached hydrogen (secondary N) is 1. The molecule has 168 valence electrons. The van der Waals surface area contributed by atoms with Gasteiger partial charge in [-0.05, 0) is 17.5 Å². The lowest BCUT2D eigenvalue weighted by Gasteiger charge is -2.34. The second-order valence-electron chi connectivity index (χ2n) is 8.75. The Balaban J connectivity index is 1.80. The van der Waals surface area contributed by atoms with Crippen LogP contribution in [0.15, 0.2) is 30.5 Å². The van der Waals surface area contributed by atoms with Gasteiger partial charge in [0.1, 0.15) is 35.9 Å². The maximum absolute atomic E-state index is 13.5. The van der Waals surface area contributed by atoms with E-state index in [1.807, 2.05) is 20.8 Å². The fourth-order valence-corrected chi connectivity index (χ4v) is 3.75. The number of carbonyl (C=O) groups is 2. The second-order valence-corrected chi connectivity index (χ2v) is 8.75. The van der Waals surface area contributed by atoms with Crippen LogP contribution in [0.25, 0.3) is 0 Å². The number of aromatic nitrogens is 3. The summed E-state index contributed by atoms with van der Waals surface area (Å²) < 4.78 is 7.11. The number of aliphatic hydroxyl groups is 1. The Morgan fingerprint density at radius 2 is 2.10 bits per heavy atom. The molecule has 10 heteroatoms. The number of aliphatic hydroxyl groups excluding tert-OH is 1. The first-order valence-corrected chi connectivity index (χ1v) is 10.1. The fraction of sp³-hybridized carbons (Fsp3) is 0.524. The molecule has 2 heterocycles. The molecule has 3 rings (SSSR count). The number of hydrogen-bond acceptors (Lipinski definition) is 7. The summed E-state index contributed by atoms with van der Waals surface area (Å²) in [6.07, 6.45) is 1.08. The predicted octanol–water partition coefficient (Wildman–Crippen LogP) is 0.858. The number of phenolic OH excluding ortho intramolecular Hbond substituents is 1. The van der Waals surface area contributed by atoms with Crippen LogP contribution in [0.4, 0.5) is 0 Å². The van der Waals surface area contributed by atoms with Crippen molar-refractivity contribution in [3.8, 4) is 11.5 Å². The number of benzene rings is 1. The van der Waals surface area contributed by atoms with E-state index in [4.69, 9.17) is 4.74 Å². The molecule has 31 heavy (non-hydrogen) atoms. The third kappa shape index (κ3) is 5.13. The summed E-state index contributed by atoms with van der Waals surface area (Å²) in [4.78, 5) is 27.1. The zero-order valence-corrected chi connectivity index (χ0v) is 18.1. The monoisotopic (exact) mass is 431 g/mol. The zero-order chi connectivity index (χ0) is 22.8. The Morgan fingerprint density at radius 1 is 1.35 bits per heavy atom. The van der Waals surface area contributed by atoms with Crippen LogP contribution in [-0.2, 0) is 16.2 Å². The molecule has 2 aromatic rings. The Labute approximate surface area is 180 Å². The molecule has 2 amide bonds. The first-order chi connectivity index (χ1) is 14.6. The molecule has 0 saturated carbocycles. The SMILES string of the molecule is CNC(=O)[C@@H]1C[C@@H](O)CN1C(=O)[C@@H](n1cc(COc2cccc(O)c2)nn1)C(C)(C)C. The van der Waals surface area contributed by atoms with E-state index in [2.05, 4.69) is 15.6 Å². The number of rotatable bonds is 6. The van der Waals surface area contributed by atoms with E-state index in [1.165, 1.54) is 22.7 Å². The zero-order valence-electron chi connectivity index (χ0n) is 18.1. The van der Waals surface area contributed by atoms with Gasteiger partial charge in [-0.2, -0.15) is 0 Å². The highest BCUT2D eigenvalue weighted by Gasteiger charge is 2.44. The molecule has 1 fully saturated rings. The van der Waals surface area contributed by atoms with Crippen LogP contribution in [0.2, 0.25) is 0 Å². The Kier molecular flexibility index (Phi) is 6.49. The summed E-state index contributed by atoms with van der Waals surface area (Å²) in [7, 11) is 1.51. The van der Waals surface area contributed by atoms with Gasteiger partial charge in [0.2, 0.25) is 11.8 Å². The minimum Gasteiger partial charge on any atom is -0.508 e. The molecule has 1 aliphatic rings. The lowest BCUT2D eigenvalue weighted by atomic mass is 9.85. The van der Waals surface area contributed by atoms with Gasteiger partial charge in [-0.15, -0.1) is 5.10 Å². The molecule has 1 aromatic carbocycles. The molecule has 0 aliphatic carbocycles. The van der Waals surface area contributed by atoms with Gasteiger partial charge in [-0.1, -0.05) is 32.1 Å². The van der Waals surface area contributed by atoms with Crippen LogP contribution in [0, 0.1) is 5.41 Å². The van der Waals surface area contributed by atoms with E-state index in [0.29, 0.717) is 11.4 Å². The van der Waals surface area contributed by atoms with Gasteiger partial charge in [0.05, 0.1) is 12.3 Å². The first-order valence-electron chi connectivity index (χ1n) is 10.1. The number of nitrogens with zero attached hydrogens (tertiary/aromatic N) is 4. The predicted molar refractivity (Wildman–Crippen MR) is 111 cm³/mol. The third-order valence-corrected chi connectivity index (χ3v) is 5.19. The molecule has 0 bridgehead atoms. The Morgan fingerprint density at radius 3 is 2.74 bits per heavy atom. The maximum Gasteiger partial charge on any atom is 0.248 e. The number of likely N-dealkylation sites (N-methyl/N-ethyl adjacent to an activating group) is 1. The minimum absolute atomic E-state index is 0.0890. The smallest absolute Gasteiger partial charge is 0.248 e. The van der Waals surface area contributed by atoms with E-state index < -0.39 is 23.6 Å². The van der Waals surface area contributed by atoms with Gasteiger partial charge in [-0.25, -0.2) is 4.68 Å². The summed E-state index contributed by atoms with van der Waals surface area (Å²) in [6.45, 7) is 5.91. The molecule has 1 aromatic heterocycles. The minimum atomic E-state index is -0.756. The standard InChI is InChI=1S/C21H29N5O5/c1-21(2,3)18(20(30)25-11-15(28)9-17(25)19(29)22-4)26-10-13(23-24-26)12-31-16-7-5-6-14(27)8-16/h5-8,10,15,17-18,27-28H,9,11-12H2,1-4H3,(H,22,29)/t15-,17+,18-/m1/s1. The van der Waals surface area contributed by atoms with Gasteiger partial charge >= 0.3 is 0 Å². The van der Waals surface area contributed by atoms with Gasteiger partial charge in [0.15, 0.2) is 0 Å². The van der Waals surface area contributed by atoms with Crippen LogP contribution >= 0.6 is 0 Å². The number of amides is 2. The van der Waals surface area contributed by atoms with E-state index in [-0.39, 0.29) is 37.1 Å². The fourth-order valence-electron chi connectivity index (χ4n) is 3.75. The Hall–Kier alpha value is -3.14. The normalized spacial score (nSPS) is 19.8. The molecular formula is C21H29N5O5. The van der Waals surface area contributed by atoms with Crippen LogP contribution in [0.5, 0.6) is 11.5 Å². The van der Waals surface area contributed by atoms with Crippen molar-refractivity contribution in [3.05, 3.63) is 36.2 Å². The third-order valence-electron chi connectivity index (χ3n) is 5.19. The Bertz CT molecular complexity index is 938. The van der Waals surface area contributed by atoms with Crippen LogP contribution in [0.1, 0.15) is 38.9 Å². The summed E-state index contributed by atoms with van der Waals surface area (Å²) in [5.74, 6) is -0.0326. The number of aromatic hydroxyl groups is 1. The topological polar surface area (TPSA) is 130 Å². The molecule has 1 aliphatic heterocycles. The molecule has 10 nitrogen and oxygen atoms in total. The van der Waals surface area contributed by atoms with E-state index >= 15 is 0 Å². The molecule has 3 atom stereocenters. The summed E-state index contributed by atoms with van der Waals surface area (Å²) in [5.41, 5.74) is -0.0238. The van der Waals surface area contributed by atoms with Crippen molar-refractivity contribution in [3.63, 3.8) is 0 Å². The highest BCUT2D eigenvalue weighted by molar-refractivity contribution is 5.90. The van der Waals surface area contributed by atoms with Gasteiger partial charge in [-0.3, -0.25) is 9.59 Å². The van der Waals surface area contributed by atoms with Gasteiger partial charge in [0.25, 0.3) is 0 Å². The van der Waals surface area contributed by atoms with Crippen molar-refractivity contribution >= 4 is 11.8 Å². The molecule has 0 spiro atoms. The molecule has 3 N–H and O–H groups in total. The lowest BCUT2D eigenvalue weighted by Crippen LogP contribution is -2.49. The van der Waals surface area contributed by atoms with Crippen molar-refractivity contribution < 1.29 is 24.5 Å². The summed E-state index contributed by atoms with van der Waals surface area (Å²) in [5, 5.41) is 30.4. The van der Waals surface area contributed by atoms with Gasteiger partial charge < -0.3 is 25.2 Å². The van der Waals surface area contributed by atoms with E-state index in [0.717, 1.165) is 0 Å². The molecule has 0 radical (unpaired) electrons. The summed E-state index contributed by atoms with van der Waals surface area (Å²) >= 11 is 0. The second kappa shape index (κ2) is 8.93. The van der Waals surface area contributed by atoms with E-state index in [1.54, 1.807) is 24.4 Å². The van der Waals surface area contributed by atoms with Crippen molar-refractivity contribution in [2.75, 3.05) is 13.6 Å². The number of carbonyl (C=O) groups excluding carboxylic acids is 2. The quantitative estimate of drug-likeness (QED) is 0.618. The van der Waals surface area contributed by atoms with Gasteiger partial charge in [0, 0.05) is 26.1 Å². The summed E-state index contributed by atoms with van der Waals surface area (Å²) in [6, 6.07) is 4.96. The van der Waals surface area contributed by atoms with Crippen molar-refractivity contribution in [2.45, 2.75) is 52.0 Å². The van der Waals surface area contributed by atoms with Crippen molar-refractivity contribution in [1.29, 1.82) is 0 Å². The average Bonchev–Trinajstić information content (AvgIpc) is 3.31. The number of hydrogen-bond donors (Lipinski definition) is 3. The van der Waals surface area contributed by atoms with Crippen molar-refractivity contribution in [1.82, 2.24) is 25.2 Å². The number of likely N-dealkylation sites (tertiary alicyclic amines) is 1. The largest absolute Gasteiger partial charge is 0.508 e. The first kappa shape index (κ1) is 22.5. The molecule has 1 saturated heterocycles. The van der Waals surface area contributed by atoms with E-state index in [9.17, 15) is 19.8 Å². The highest BCUT2D eigenvalue weighted by Crippen LogP contribution is 2.34.